The SMILES string of the molecule is CCNC(C)c1ccnc(N(C)CC2CCCN2CC)c1. The Kier molecular flexibility index (Phi) is 6.00. The summed E-state index contributed by atoms with van der Waals surface area (Å²) in [6.07, 6.45) is 4.57. The average Bonchev–Trinajstić information content (AvgIpc) is 2.94. The third-order valence-corrected chi connectivity index (χ3v) is 4.56. The summed E-state index contributed by atoms with van der Waals surface area (Å²) < 4.78 is 0. The zero-order chi connectivity index (χ0) is 15.2. The molecule has 1 N–H and O–H groups in total. The maximum atomic E-state index is 4.55. The molecule has 2 unspecified atom stereocenters. The Hall–Kier alpha value is -1.13. The van der Waals surface area contributed by atoms with Gasteiger partial charge in [-0.1, -0.05) is 13.8 Å². The van der Waals surface area contributed by atoms with Gasteiger partial charge in [0.2, 0.25) is 0 Å². The third-order valence-electron chi connectivity index (χ3n) is 4.56. The quantitative estimate of drug-likeness (QED) is 0.836. The minimum Gasteiger partial charge on any atom is -0.358 e. The molecule has 118 valence electrons. The molecule has 1 fully saturated rings. The molecule has 0 aromatic carbocycles. The summed E-state index contributed by atoms with van der Waals surface area (Å²) in [6.45, 7) is 11.1. The number of aromatic nitrogens is 1. The molecule has 2 atom stereocenters. The van der Waals surface area contributed by atoms with Gasteiger partial charge in [0, 0.05) is 31.9 Å². The van der Waals surface area contributed by atoms with Crippen LogP contribution in [0.4, 0.5) is 5.82 Å². The number of nitrogens with zero attached hydrogens (tertiary/aromatic N) is 3. The van der Waals surface area contributed by atoms with Gasteiger partial charge in [-0.2, -0.15) is 0 Å². The summed E-state index contributed by atoms with van der Waals surface area (Å²) in [4.78, 5) is 9.45. The minimum atomic E-state index is 0.378. The lowest BCUT2D eigenvalue weighted by atomic mass is 10.1. The minimum absolute atomic E-state index is 0.378. The van der Waals surface area contributed by atoms with Gasteiger partial charge in [0.05, 0.1) is 0 Å². The van der Waals surface area contributed by atoms with E-state index in [9.17, 15) is 0 Å². The van der Waals surface area contributed by atoms with Gasteiger partial charge in [-0.05, 0) is 57.1 Å². The summed E-state index contributed by atoms with van der Waals surface area (Å²) in [5, 5.41) is 3.46. The van der Waals surface area contributed by atoms with E-state index in [1.165, 1.54) is 24.9 Å². The van der Waals surface area contributed by atoms with Gasteiger partial charge in [-0.15, -0.1) is 0 Å². The molecule has 0 aliphatic carbocycles. The standard InChI is InChI=1S/C17H30N4/c1-5-18-14(3)15-9-10-19-17(12-15)20(4)13-16-8-7-11-21(16)6-2/h9-10,12,14,16,18H,5-8,11,13H2,1-4H3. The summed E-state index contributed by atoms with van der Waals surface area (Å²) in [5.41, 5.74) is 1.31. The van der Waals surface area contributed by atoms with Crippen molar-refractivity contribution in [2.24, 2.45) is 0 Å². The molecular formula is C17H30N4. The van der Waals surface area contributed by atoms with E-state index in [0.717, 1.165) is 25.5 Å². The number of rotatable bonds is 7. The predicted molar refractivity (Wildman–Crippen MR) is 89.9 cm³/mol. The van der Waals surface area contributed by atoms with Crippen LogP contribution in [0, 0.1) is 0 Å². The molecule has 0 bridgehead atoms. The van der Waals surface area contributed by atoms with E-state index in [1.54, 1.807) is 0 Å². The van der Waals surface area contributed by atoms with Crippen LogP contribution in [0.5, 0.6) is 0 Å². The number of nitrogens with one attached hydrogen (secondary N) is 1. The summed E-state index contributed by atoms with van der Waals surface area (Å²) in [6, 6.07) is 5.39. The van der Waals surface area contributed by atoms with Gasteiger partial charge in [0.25, 0.3) is 0 Å². The number of likely N-dealkylation sites (N-methyl/N-ethyl adjacent to an activating group) is 2. The zero-order valence-electron chi connectivity index (χ0n) is 14.0. The number of hydrogen-bond donors (Lipinski definition) is 1. The highest BCUT2D eigenvalue weighted by atomic mass is 15.2. The zero-order valence-corrected chi connectivity index (χ0v) is 14.0. The van der Waals surface area contributed by atoms with Crippen LogP contribution in [0.1, 0.15) is 45.2 Å². The number of hydrogen-bond acceptors (Lipinski definition) is 4. The fourth-order valence-electron chi connectivity index (χ4n) is 3.26. The first kappa shape index (κ1) is 16.2. The molecule has 1 aromatic heterocycles. The van der Waals surface area contributed by atoms with Crippen LogP contribution in [0.25, 0.3) is 0 Å². The summed E-state index contributed by atoms with van der Waals surface area (Å²) >= 11 is 0. The van der Waals surface area contributed by atoms with Gasteiger partial charge in [-0.3, -0.25) is 4.90 Å². The smallest absolute Gasteiger partial charge is 0.128 e. The molecule has 2 rings (SSSR count). The van der Waals surface area contributed by atoms with Gasteiger partial charge in [0.15, 0.2) is 0 Å². The Labute approximate surface area is 129 Å². The second kappa shape index (κ2) is 7.76. The van der Waals surface area contributed by atoms with Crippen LogP contribution in [0.15, 0.2) is 18.3 Å². The second-order valence-electron chi connectivity index (χ2n) is 6.03. The average molecular weight is 290 g/mol. The highest BCUT2D eigenvalue weighted by Crippen LogP contribution is 2.21. The molecule has 0 spiro atoms. The molecule has 1 aliphatic rings. The highest BCUT2D eigenvalue weighted by molar-refractivity contribution is 5.41. The molecule has 0 saturated carbocycles. The molecule has 4 heteroatoms. The molecule has 4 nitrogen and oxygen atoms in total. The van der Waals surface area contributed by atoms with E-state index in [2.05, 4.69) is 60.1 Å². The van der Waals surface area contributed by atoms with E-state index < -0.39 is 0 Å². The van der Waals surface area contributed by atoms with Crippen LogP contribution in [-0.2, 0) is 0 Å². The first-order valence-corrected chi connectivity index (χ1v) is 8.30. The van der Waals surface area contributed by atoms with Crippen LogP contribution >= 0.6 is 0 Å². The molecule has 1 saturated heterocycles. The van der Waals surface area contributed by atoms with E-state index in [4.69, 9.17) is 0 Å². The van der Waals surface area contributed by atoms with E-state index in [-0.39, 0.29) is 0 Å². The Morgan fingerprint density at radius 2 is 2.29 bits per heavy atom. The molecule has 1 aliphatic heterocycles. The van der Waals surface area contributed by atoms with Crippen molar-refractivity contribution < 1.29 is 0 Å². The topological polar surface area (TPSA) is 31.4 Å². The molecule has 0 amide bonds. The van der Waals surface area contributed by atoms with Crippen LogP contribution in [-0.4, -0.2) is 49.2 Å². The maximum Gasteiger partial charge on any atom is 0.128 e. The number of likely N-dealkylation sites (tertiary alicyclic amines) is 1. The van der Waals surface area contributed by atoms with Crippen LogP contribution in [0.3, 0.4) is 0 Å². The van der Waals surface area contributed by atoms with Crippen molar-refractivity contribution in [3.8, 4) is 0 Å². The lowest BCUT2D eigenvalue weighted by Crippen LogP contribution is -2.39. The third kappa shape index (κ3) is 4.17. The highest BCUT2D eigenvalue weighted by Gasteiger charge is 2.24. The van der Waals surface area contributed by atoms with Crippen LogP contribution in [0.2, 0.25) is 0 Å². The Bertz CT molecular complexity index is 435. The molecule has 1 aromatic rings. The second-order valence-corrected chi connectivity index (χ2v) is 6.03. The fourth-order valence-corrected chi connectivity index (χ4v) is 3.26. The summed E-state index contributed by atoms with van der Waals surface area (Å²) in [7, 11) is 2.16. The van der Waals surface area contributed by atoms with Gasteiger partial charge >= 0.3 is 0 Å². The number of anilines is 1. The maximum absolute atomic E-state index is 4.55. The predicted octanol–water partition coefficient (Wildman–Crippen LogP) is 2.67. The largest absolute Gasteiger partial charge is 0.358 e. The molecule has 21 heavy (non-hydrogen) atoms. The molecule has 0 radical (unpaired) electrons. The first-order valence-electron chi connectivity index (χ1n) is 8.30. The van der Waals surface area contributed by atoms with Crippen molar-refractivity contribution in [1.29, 1.82) is 0 Å². The van der Waals surface area contributed by atoms with Gasteiger partial charge in [-0.25, -0.2) is 4.98 Å². The van der Waals surface area contributed by atoms with Crippen molar-refractivity contribution >= 4 is 5.82 Å². The first-order chi connectivity index (χ1) is 10.2. The Morgan fingerprint density at radius 3 is 3.00 bits per heavy atom. The van der Waals surface area contributed by atoms with E-state index in [1.807, 2.05) is 6.20 Å². The van der Waals surface area contributed by atoms with E-state index >= 15 is 0 Å². The Balaban J connectivity index is 2.01. The van der Waals surface area contributed by atoms with Crippen molar-refractivity contribution in [3.05, 3.63) is 23.9 Å². The number of pyridine rings is 1. The molecular weight excluding hydrogens is 260 g/mol. The van der Waals surface area contributed by atoms with Crippen molar-refractivity contribution in [2.75, 3.05) is 38.1 Å². The monoisotopic (exact) mass is 290 g/mol. The normalized spacial score (nSPS) is 20.7. The molecule has 2 heterocycles. The Morgan fingerprint density at radius 1 is 1.48 bits per heavy atom. The van der Waals surface area contributed by atoms with E-state index in [0.29, 0.717) is 12.1 Å². The van der Waals surface area contributed by atoms with Gasteiger partial charge in [0.1, 0.15) is 5.82 Å². The summed E-state index contributed by atoms with van der Waals surface area (Å²) in [5.74, 6) is 1.08. The fraction of sp³-hybridized carbons (Fsp3) is 0.706. The van der Waals surface area contributed by atoms with Crippen molar-refractivity contribution in [1.82, 2.24) is 15.2 Å². The lowest BCUT2D eigenvalue weighted by Gasteiger charge is -2.28. The van der Waals surface area contributed by atoms with Crippen LogP contribution < -0.4 is 10.2 Å². The van der Waals surface area contributed by atoms with Gasteiger partial charge < -0.3 is 10.2 Å². The van der Waals surface area contributed by atoms with Crippen molar-refractivity contribution in [3.63, 3.8) is 0 Å². The lowest BCUT2D eigenvalue weighted by molar-refractivity contribution is 0.270. The van der Waals surface area contributed by atoms with Crippen molar-refractivity contribution in [2.45, 2.75) is 45.7 Å².